The molecule has 5 heteroatoms. The van der Waals surface area contributed by atoms with Crippen molar-refractivity contribution in [3.63, 3.8) is 0 Å². The molecule has 0 aliphatic carbocycles. The number of hydrogen-bond acceptors (Lipinski definition) is 3. The summed E-state index contributed by atoms with van der Waals surface area (Å²) in [6, 6.07) is 1.74. The molecule has 1 N–H and O–H groups in total. The number of nitrogens with zero attached hydrogens (tertiary/aromatic N) is 1. The fourth-order valence-electron chi connectivity index (χ4n) is 1.32. The SMILES string of the molecule is Cc1cc(C(=O)NC(C)CC(C)Br)no1. The first kappa shape index (κ1) is 12.2. The van der Waals surface area contributed by atoms with Crippen LogP contribution in [0.5, 0.6) is 0 Å². The average Bonchev–Trinajstić information content (AvgIpc) is 2.49. The lowest BCUT2D eigenvalue weighted by Gasteiger charge is -2.13. The molecule has 1 amide bonds. The highest BCUT2D eigenvalue weighted by Gasteiger charge is 2.14. The molecule has 15 heavy (non-hydrogen) atoms. The first-order chi connectivity index (χ1) is 6.99. The normalized spacial score (nSPS) is 14.7. The quantitative estimate of drug-likeness (QED) is 0.858. The minimum atomic E-state index is -0.187. The molecule has 0 bridgehead atoms. The van der Waals surface area contributed by atoms with E-state index in [1.165, 1.54) is 0 Å². The van der Waals surface area contributed by atoms with Crippen LogP contribution in [0.25, 0.3) is 0 Å². The zero-order valence-corrected chi connectivity index (χ0v) is 10.7. The van der Waals surface area contributed by atoms with Crippen LogP contribution in [0.2, 0.25) is 0 Å². The van der Waals surface area contributed by atoms with Gasteiger partial charge >= 0.3 is 0 Å². The van der Waals surface area contributed by atoms with Gasteiger partial charge in [-0.15, -0.1) is 0 Å². The minimum absolute atomic E-state index is 0.115. The second-order valence-corrected chi connectivity index (χ2v) is 5.28. The predicted octanol–water partition coefficient (Wildman–Crippen LogP) is 2.27. The third-order valence-electron chi connectivity index (χ3n) is 1.92. The molecule has 0 aliphatic rings. The van der Waals surface area contributed by atoms with Gasteiger partial charge in [0.25, 0.3) is 5.91 Å². The van der Waals surface area contributed by atoms with Crippen molar-refractivity contribution in [2.75, 3.05) is 0 Å². The minimum Gasteiger partial charge on any atom is -0.361 e. The molecule has 0 saturated carbocycles. The molecule has 1 aromatic heterocycles. The number of amides is 1. The number of alkyl halides is 1. The Hall–Kier alpha value is -0.840. The van der Waals surface area contributed by atoms with E-state index in [0.29, 0.717) is 16.3 Å². The van der Waals surface area contributed by atoms with E-state index in [2.05, 4.69) is 26.4 Å². The van der Waals surface area contributed by atoms with Crippen LogP contribution in [0.1, 0.15) is 36.5 Å². The molecular weight excluding hydrogens is 260 g/mol. The summed E-state index contributed by atoms with van der Waals surface area (Å²) in [4.78, 5) is 12.0. The van der Waals surface area contributed by atoms with Crippen LogP contribution in [0.3, 0.4) is 0 Å². The summed E-state index contributed by atoms with van der Waals surface area (Å²) in [5.74, 6) is 0.453. The van der Waals surface area contributed by atoms with Crippen LogP contribution in [0, 0.1) is 6.92 Å². The zero-order valence-electron chi connectivity index (χ0n) is 9.08. The first-order valence-electron chi connectivity index (χ1n) is 4.87. The third kappa shape index (κ3) is 4.03. The Morgan fingerprint density at radius 3 is 2.80 bits per heavy atom. The van der Waals surface area contributed by atoms with Crippen molar-refractivity contribution < 1.29 is 9.32 Å². The summed E-state index contributed by atoms with van der Waals surface area (Å²) in [6.07, 6.45) is 0.878. The summed E-state index contributed by atoms with van der Waals surface area (Å²) in [6.45, 7) is 5.76. The van der Waals surface area contributed by atoms with Crippen LogP contribution in [-0.2, 0) is 0 Å². The summed E-state index contributed by atoms with van der Waals surface area (Å²) in [5, 5.41) is 6.50. The van der Waals surface area contributed by atoms with Gasteiger partial charge < -0.3 is 9.84 Å². The molecule has 4 nitrogen and oxygen atoms in total. The van der Waals surface area contributed by atoms with Gasteiger partial charge in [-0.05, 0) is 20.3 Å². The second-order valence-electron chi connectivity index (χ2n) is 3.71. The number of nitrogens with one attached hydrogen (secondary N) is 1. The van der Waals surface area contributed by atoms with E-state index >= 15 is 0 Å². The summed E-state index contributed by atoms with van der Waals surface area (Å²) < 4.78 is 4.83. The van der Waals surface area contributed by atoms with E-state index in [0.717, 1.165) is 6.42 Å². The Balaban J connectivity index is 2.49. The van der Waals surface area contributed by atoms with Gasteiger partial charge in [0.15, 0.2) is 5.69 Å². The standard InChI is InChI=1S/C10H15BrN2O2/c1-6(11)4-7(2)12-10(14)9-5-8(3)15-13-9/h5-7H,4H2,1-3H3,(H,12,14). The number of hydrogen-bond donors (Lipinski definition) is 1. The van der Waals surface area contributed by atoms with Gasteiger partial charge in [-0.1, -0.05) is 28.0 Å². The highest BCUT2D eigenvalue weighted by atomic mass is 79.9. The van der Waals surface area contributed by atoms with Gasteiger partial charge in [0.1, 0.15) is 5.76 Å². The van der Waals surface area contributed by atoms with Crippen LogP contribution in [0.4, 0.5) is 0 Å². The summed E-state index contributed by atoms with van der Waals surface area (Å²) >= 11 is 3.44. The van der Waals surface area contributed by atoms with Crippen LogP contribution >= 0.6 is 15.9 Å². The Morgan fingerprint density at radius 2 is 2.33 bits per heavy atom. The van der Waals surface area contributed by atoms with Crippen molar-refractivity contribution in [2.24, 2.45) is 0 Å². The topological polar surface area (TPSA) is 55.1 Å². The molecule has 0 saturated heterocycles. The summed E-state index contributed by atoms with van der Waals surface area (Å²) in [7, 11) is 0. The van der Waals surface area contributed by atoms with E-state index < -0.39 is 0 Å². The lowest BCUT2D eigenvalue weighted by Crippen LogP contribution is -2.34. The van der Waals surface area contributed by atoms with Gasteiger partial charge in [0.05, 0.1) is 0 Å². The van der Waals surface area contributed by atoms with Crippen molar-refractivity contribution in [2.45, 2.75) is 38.1 Å². The van der Waals surface area contributed by atoms with Gasteiger partial charge in [-0.25, -0.2) is 0 Å². The number of halogens is 1. The molecule has 0 fully saturated rings. The fraction of sp³-hybridized carbons (Fsp3) is 0.600. The van der Waals surface area contributed by atoms with E-state index in [1.807, 2.05) is 13.8 Å². The van der Waals surface area contributed by atoms with E-state index in [9.17, 15) is 4.79 Å². The zero-order chi connectivity index (χ0) is 11.4. The maximum atomic E-state index is 11.6. The second kappa shape index (κ2) is 5.30. The maximum Gasteiger partial charge on any atom is 0.273 e. The Bertz CT molecular complexity index is 336. The molecule has 84 valence electrons. The molecule has 0 aromatic carbocycles. The lowest BCUT2D eigenvalue weighted by atomic mass is 10.2. The molecule has 0 aliphatic heterocycles. The largest absolute Gasteiger partial charge is 0.361 e. The van der Waals surface area contributed by atoms with E-state index in [4.69, 9.17) is 4.52 Å². The van der Waals surface area contributed by atoms with Crippen molar-refractivity contribution in [1.29, 1.82) is 0 Å². The van der Waals surface area contributed by atoms with Crippen molar-refractivity contribution >= 4 is 21.8 Å². The highest BCUT2D eigenvalue weighted by molar-refractivity contribution is 9.09. The van der Waals surface area contributed by atoms with Crippen LogP contribution < -0.4 is 5.32 Å². The molecule has 1 rings (SSSR count). The number of carbonyl (C=O) groups is 1. The third-order valence-corrected chi connectivity index (χ3v) is 2.29. The average molecular weight is 275 g/mol. The molecule has 2 atom stereocenters. The maximum absolute atomic E-state index is 11.6. The Kier molecular flexibility index (Phi) is 4.32. The molecule has 0 spiro atoms. The summed E-state index contributed by atoms with van der Waals surface area (Å²) in [5.41, 5.74) is 0.335. The molecule has 0 radical (unpaired) electrons. The van der Waals surface area contributed by atoms with Crippen molar-refractivity contribution in [3.05, 3.63) is 17.5 Å². The van der Waals surface area contributed by atoms with E-state index in [1.54, 1.807) is 13.0 Å². The van der Waals surface area contributed by atoms with Crippen molar-refractivity contribution in [1.82, 2.24) is 10.5 Å². The molecular formula is C10H15BrN2O2. The predicted molar refractivity (Wildman–Crippen MR) is 61.2 cm³/mol. The smallest absolute Gasteiger partial charge is 0.273 e. The molecule has 1 heterocycles. The van der Waals surface area contributed by atoms with Gasteiger partial charge in [-0.3, -0.25) is 4.79 Å². The number of carbonyl (C=O) groups excluding carboxylic acids is 1. The molecule has 2 unspecified atom stereocenters. The lowest BCUT2D eigenvalue weighted by molar-refractivity contribution is 0.0929. The monoisotopic (exact) mass is 274 g/mol. The highest BCUT2D eigenvalue weighted by Crippen LogP contribution is 2.08. The van der Waals surface area contributed by atoms with Crippen LogP contribution in [0.15, 0.2) is 10.6 Å². The van der Waals surface area contributed by atoms with E-state index in [-0.39, 0.29) is 11.9 Å². The van der Waals surface area contributed by atoms with Gasteiger partial charge in [0.2, 0.25) is 0 Å². The first-order valence-corrected chi connectivity index (χ1v) is 5.79. The molecule has 1 aromatic rings. The fourth-order valence-corrected chi connectivity index (χ4v) is 1.88. The van der Waals surface area contributed by atoms with Crippen LogP contribution in [-0.4, -0.2) is 21.9 Å². The van der Waals surface area contributed by atoms with Gasteiger partial charge in [-0.2, -0.15) is 0 Å². The Morgan fingerprint density at radius 1 is 1.67 bits per heavy atom. The van der Waals surface area contributed by atoms with Gasteiger partial charge in [0, 0.05) is 16.9 Å². The van der Waals surface area contributed by atoms with Crippen molar-refractivity contribution in [3.8, 4) is 0 Å². The number of rotatable bonds is 4. The number of aryl methyl sites for hydroxylation is 1. The number of aromatic nitrogens is 1. The Labute approximate surface area is 97.5 Å².